The number of hydrogen-bond acceptors (Lipinski definition) is 2. The summed E-state index contributed by atoms with van der Waals surface area (Å²) in [4.78, 5) is 14.4. The van der Waals surface area contributed by atoms with Gasteiger partial charge in [0.05, 0.1) is 15.2 Å². The van der Waals surface area contributed by atoms with E-state index in [9.17, 15) is 4.79 Å². The van der Waals surface area contributed by atoms with Crippen LogP contribution in [0.2, 0.25) is 0 Å². The van der Waals surface area contributed by atoms with Crippen molar-refractivity contribution in [1.29, 1.82) is 0 Å². The van der Waals surface area contributed by atoms with Gasteiger partial charge < -0.3 is 5.73 Å². The molecule has 1 aromatic rings. The minimum atomic E-state index is -0.525. The van der Waals surface area contributed by atoms with Gasteiger partial charge in [-0.15, -0.1) is 11.3 Å². The number of amides is 1. The molecule has 0 radical (unpaired) electrons. The monoisotopic (exact) mass is 308 g/mol. The van der Waals surface area contributed by atoms with Crippen molar-refractivity contribution in [2.24, 2.45) is 5.73 Å². The third kappa shape index (κ3) is 1.53. The van der Waals surface area contributed by atoms with E-state index < -0.39 is 5.91 Å². The van der Waals surface area contributed by atoms with Crippen LogP contribution in [0, 0.1) is 6.57 Å². The Kier molecular flexibility index (Phi) is 2.88. The Bertz CT molecular complexity index is 380. The standard InChI is InChI=1S/C6H2Br2N2OS/c1-10-3-2(7)4(6(9)11)12-5(3)8/h(H2,9,11). The molecule has 0 aliphatic carbocycles. The lowest BCUT2D eigenvalue weighted by Crippen LogP contribution is -2.08. The van der Waals surface area contributed by atoms with E-state index >= 15 is 0 Å². The van der Waals surface area contributed by atoms with Gasteiger partial charge in [-0.3, -0.25) is 4.79 Å². The van der Waals surface area contributed by atoms with Gasteiger partial charge in [-0.2, -0.15) is 0 Å². The summed E-state index contributed by atoms with van der Waals surface area (Å²) in [6.07, 6.45) is 0. The molecule has 0 aliphatic rings. The molecule has 62 valence electrons. The van der Waals surface area contributed by atoms with Gasteiger partial charge in [-0.25, -0.2) is 4.85 Å². The maximum Gasteiger partial charge on any atom is 0.258 e. The van der Waals surface area contributed by atoms with Crippen molar-refractivity contribution in [3.8, 4) is 0 Å². The van der Waals surface area contributed by atoms with Gasteiger partial charge in [-0.05, 0) is 0 Å². The number of carbonyl (C=O) groups is 1. The van der Waals surface area contributed by atoms with E-state index in [1.807, 2.05) is 0 Å². The fourth-order valence-corrected chi connectivity index (χ4v) is 3.23. The van der Waals surface area contributed by atoms with Gasteiger partial charge in [0.1, 0.15) is 0 Å². The highest BCUT2D eigenvalue weighted by Gasteiger charge is 2.17. The summed E-state index contributed by atoms with van der Waals surface area (Å²) >= 11 is 7.45. The van der Waals surface area contributed by atoms with Crippen molar-refractivity contribution in [1.82, 2.24) is 0 Å². The highest BCUT2D eigenvalue weighted by Crippen LogP contribution is 2.43. The van der Waals surface area contributed by atoms with E-state index in [4.69, 9.17) is 12.3 Å². The molecule has 0 saturated heterocycles. The molecule has 0 saturated carbocycles. The predicted octanol–water partition coefficient (Wildman–Crippen LogP) is 2.92. The first-order chi connectivity index (χ1) is 5.57. The zero-order valence-corrected chi connectivity index (χ0v) is 9.59. The van der Waals surface area contributed by atoms with Gasteiger partial charge in [0, 0.05) is 4.47 Å². The van der Waals surface area contributed by atoms with E-state index in [2.05, 4.69) is 36.7 Å². The summed E-state index contributed by atoms with van der Waals surface area (Å²) in [6.45, 7) is 6.80. The Balaban J connectivity index is 3.39. The zero-order valence-electron chi connectivity index (χ0n) is 5.60. The van der Waals surface area contributed by atoms with Crippen molar-refractivity contribution in [3.05, 3.63) is 24.6 Å². The molecule has 1 amide bonds. The van der Waals surface area contributed by atoms with Crippen molar-refractivity contribution in [3.63, 3.8) is 0 Å². The molecule has 0 aliphatic heterocycles. The highest BCUT2D eigenvalue weighted by molar-refractivity contribution is 9.11. The zero-order chi connectivity index (χ0) is 9.30. The number of nitrogens with zero attached hydrogens (tertiary/aromatic N) is 1. The molecule has 0 spiro atoms. The third-order valence-corrected chi connectivity index (χ3v) is 4.00. The molecule has 1 rings (SSSR count). The van der Waals surface area contributed by atoms with Crippen LogP contribution < -0.4 is 5.73 Å². The minimum Gasteiger partial charge on any atom is -0.365 e. The molecule has 6 heteroatoms. The maximum atomic E-state index is 10.8. The molecule has 1 heterocycles. The number of thiophene rings is 1. The Morgan fingerprint density at radius 1 is 1.58 bits per heavy atom. The molecule has 0 aromatic carbocycles. The smallest absolute Gasteiger partial charge is 0.258 e. The number of primary amides is 1. The Morgan fingerprint density at radius 2 is 2.17 bits per heavy atom. The molecule has 1 aromatic heterocycles. The molecule has 0 atom stereocenters. The normalized spacial score (nSPS) is 9.42. The second-order valence-corrected chi connectivity index (χ2v) is 4.98. The SMILES string of the molecule is [C-]#[N+]c1c(Br)sc(C(N)=O)c1Br. The lowest BCUT2D eigenvalue weighted by molar-refractivity contribution is 0.100. The first-order valence-electron chi connectivity index (χ1n) is 2.73. The van der Waals surface area contributed by atoms with Crippen LogP contribution in [-0.2, 0) is 0 Å². The quantitative estimate of drug-likeness (QED) is 0.797. The highest BCUT2D eigenvalue weighted by atomic mass is 79.9. The van der Waals surface area contributed by atoms with E-state index in [0.717, 1.165) is 11.3 Å². The average Bonchev–Trinajstić information content (AvgIpc) is 2.27. The van der Waals surface area contributed by atoms with Crippen LogP contribution in [0.1, 0.15) is 9.67 Å². The fourth-order valence-electron chi connectivity index (χ4n) is 0.628. The minimum absolute atomic E-state index is 0.368. The molecule has 12 heavy (non-hydrogen) atoms. The molecule has 3 nitrogen and oxygen atoms in total. The van der Waals surface area contributed by atoms with Crippen LogP contribution in [-0.4, -0.2) is 5.91 Å². The van der Waals surface area contributed by atoms with Gasteiger partial charge in [0.15, 0.2) is 0 Å². The van der Waals surface area contributed by atoms with Crippen molar-refractivity contribution in [2.45, 2.75) is 0 Å². The number of hydrogen-bond donors (Lipinski definition) is 1. The maximum absolute atomic E-state index is 10.8. The first-order valence-corrected chi connectivity index (χ1v) is 5.13. The van der Waals surface area contributed by atoms with Crippen LogP contribution in [0.15, 0.2) is 8.26 Å². The second kappa shape index (κ2) is 3.56. The third-order valence-electron chi connectivity index (χ3n) is 1.12. The summed E-state index contributed by atoms with van der Waals surface area (Å²) in [5.74, 6) is -0.525. The molecular formula is C6H2Br2N2OS. The topological polar surface area (TPSA) is 47.5 Å². The summed E-state index contributed by atoms with van der Waals surface area (Å²) < 4.78 is 1.10. The van der Waals surface area contributed by atoms with E-state index in [0.29, 0.717) is 18.8 Å². The van der Waals surface area contributed by atoms with Crippen molar-refractivity contribution in [2.75, 3.05) is 0 Å². The largest absolute Gasteiger partial charge is 0.365 e. The second-order valence-electron chi connectivity index (χ2n) is 1.84. The number of halogens is 2. The summed E-state index contributed by atoms with van der Waals surface area (Å²) in [7, 11) is 0. The number of nitrogens with two attached hydrogens (primary N) is 1. The molecule has 0 unspecified atom stereocenters. The van der Waals surface area contributed by atoms with Crippen LogP contribution in [0.25, 0.3) is 4.85 Å². The Labute approximate surface area is 89.6 Å². The van der Waals surface area contributed by atoms with Gasteiger partial charge in [-0.1, -0.05) is 31.9 Å². The lowest BCUT2D eigenvalue weighted by atomic mass is 10.4. The van der Waals surface area contributed by atoms with Crippen molar-refractivity contribution < 1.29 is 4.79 Å². The molecule has 0 bridgehead atoms. The molecule has 0 fully saturated rings. The van der Waals surface area contributed by atoms with E-state index in [-0.39, 0.29) is 0 Å². The summed E-state index contributed by atoms with van der Waals surface area (Å²) in [5, 5.41) is 0. The number of carbonyl (C=O) groups excluding carboxylic acids is 1. The summed E-state index contributed by atoms with van der Waals surface area (Å²) in [5.41, 5.74) is 5.47. The van der Waals surface area contributed by atoms with E-state index in [1.165, 1.54) is 0 Å². The van der Waals surface area contributed by atoms with Gasteiger partial charge in [0.2, 0.25) is 5.69 Å². The Morgan fingerprint density at radius 3 is 2.42 bits per heavy atom. The first kappa shape index (κ1) is 9.71. The van der Waals surface area contributed by atoms with Gasteiger partial charge >= 0.3 is 0 Å². The fraction of sp³-hybridized carbons (Fsp3) is 0. The average molecular weight is 310 g/mol. The predicted molar refractivity (Wildman–Crippen MR) is 54.5 cm³/mol. The lowest BCUT2D eigenvalue weighted by Gasteiger charge is -1.88. The van der Waals surface area contributed by atoms with Crippen LogP contribution >= 0.6 is 43.2 Å². The molecule has 2 N–H and O–H groups in total. The van der Waals surface area contributed by atoms with E-state index in [1.54, 1.807) is 0 Å². The van der Waals surface area contributed by atoms with Crippen molar-refractivity contribution >= 4 is 54.8 Å². The number of rotatable bonds is 1. The van der Waals surface area contributed by atoms with Crippen LogP contribution in [0.4, 0.5) is 5.69 Å². The molecular weight excluding hydrogens is 308 g/mol. The Hall–Kier alpha value is -0.380. The summed E-state index contributed by atoms with van der Waals surface area (Å²) in [6, 6.07) is 0. The van der Waals surface area contributed by atoms with Gasteiger partial charge in [0.25, 0.3) is 5.91 Å². The van der Waals surface area contributed by atoms with Crippen LogP contribution in [0.3, 0.4) is 0 Å². The van der Waals surface area contributed by atoms with Crippen LogP contribution in [0.5, 0.6) is 0 Å².